The summed E-state index contributed by atoms with van der Waals surface area (Å²) in [4.78, 5) is 27.0. The highest BCUT2D eigenvalue weighted by atomic mass is 32.2. The minimum Gasteiger partial charge on any atom is -0.392 e. The van der Waals surface area contributed by atoms with E-state index in [0.717, 1.165) is 0 Å². The van der Waals surface area contributed by atoms with Gasteiger partial charge < -0.3 is 14.7 Å². The fraction of sp³-hybridized carbons (Fsp3) is 0.412. The summed E-state index contributed by atoms with van der Waals surface area (Å²) in [6.07, 6.45) is -0.932. The van der Waals surface area contributed by atoms with Crippen LogP contribution in [0.2, 0.25) is 0 Å². The van der Waals surface area contributed by atoms with E-state index in [1.807, 2.05) is 0 Å². The average Bonchev–Trinajstić information content (AvgIpc) is 2.63. The Balaban J connectivity index is 2.15. The van der Waals surface area contributed by atoms with E-state index >= 15 is 0 Å². The number of aliphatic hydroxyl groups is 1. The largest absolute Gasteiger partial charge is 0.392 e. The molecule has 0 spiro atoms. The lowest BCUT2D eigenvalue weighted by Crippen LogP contribution is -2.44. The van der Waals surface area contributed by atoms with Crippen molar-refractivity contribution >= 4 is 21.6 Å². The van der Waals surface area contributed by atoms with Crippen molar-refractivity contribution in [2.24, 2.45) is 0 Å². The quantitative estimate of drug-likeness (QED) is 0.734. The molecule has 1 aliphatic heterocycles. The molecule has 3 rings (SSSR count). The number of hydrogen-bond donors (Lipinski definition) is 2. The van der Waals surface area contributed by atoms with Gasteiger partial charge in [-0.3, -0.25) is 9.59 Å². The lowest BCUT2D eigenvalue weighted by atomic mass is 9.91. The van der Waals surface area contributed by atoms with Crippen LogP contribution in [0.3, 0.4) is 0 Å². The van der Waals surface area contributed by atoms with Crippen molar-refractivity contribution in [1.82, 2.24) is 9.62 Å². The van der Waals surface area contributed by atoms with Gasteiger partial charge in [-0.25, -0.2) is 13.1 Å². The number of morpholine rings is 1. The van der Waals surface area contributed by atoms with Gasteiger partial charge in [0.1, 0.15) is 5.70 Å². The van der Waals surface area contributed by atoms with E-state index < -0.39 is 32.6 Å². The normalized spacial score (nSPS) is 19.5. The Morgan fingerprint density at radius 2 is 1.73 bits per heavy atom. The maximum absolute atomic E-state index is 13.0. The van der Waals surface area contributed by atoms with Gasteiger partial charge in [-0.05, 0) is 6.92 Å². The van der Waals surface area contributed by atoms with Crippen LogP contribution in [-0.4, -0.2) is 68.9 Å². The van der Waals surface area contributed by atoms with Gasteiger partial charge >= 0.3 is 0 Å². The van der Waals surface area contributed by atoms with E-state index in [2.05, 4.69) is 4.72 Å². The molecule has 1 heterocycles. The number of allylic oxidation sites excluding steroid dienone is 2. The lowest BCUT2D eigenvalue weighted by molar-refractivity contribution is 0.0499. The Kier molecular flexibility index (Phi) is 5.24. The van der Waals surface area contributed by atoms with E-state index in [1.54, 1.807) is 17.0 Å². The first-order chi connectivity index (χ1) is 12.3. The van der Waals surface area contributed by atoms with E-state index in [0.29, 0.717) is 26.3 Å². The summed E-state index contributed by atoms with van der Waals surface area (Å²) in [5, 5.41) is 9.38. The molecule has 1 fully saturated rings. The van der Waals surface area contributed by atoms with Gasteiger partial charge in [-0.2, -0.15) is 0 Å². The molecule has 0 amide bonds. The molecule has 2 aliphatic rings. The van der Waals surface area contributed by atoms with E-state index in [4.69, 9.17) is 4.74 Å². The van der Waals surface area contributed by atoms with Crippen molar-refractivity contribution in [2.45, 2.75) is 13.0 Å². The molecule has 0 bridgehead atoms. The van der Waals surface area contributed by atoms with Gasteiger partial charge in [0.05, 0.1) is 19.3 Å². The number of ketones is 2. The zero-order valence-corrected chi connectivity index (χ0v) is 15.1. The number of carbonyl (C=O) groups excluding carboxylic acids is 2. The zero-order valence-electron chi connectivity index (χ0n) is 14.3. The minimum absolute atomic E-state index is 0.0620. The highest BCUT2D eigenvalue weighted by Gasteiger charge is 2.41. The van der Waals surface area contributed by atoms with Crippen LogP contribution in [0.5, 0.6) is 0 Å². The molecule has 2 N–H and O–H groups in total. The molecule has 1 aliphatic carbocycles. The van der Waals surface area contributed by atoms with E-state index in [1.165, 1.54) is 19.1 Å². The van der Waals surface area contributed by atoms with Crippen LogP contribution >= 0.6 is 0 Å². The highest BCUT2D eigenvalue weighted by molar-refractivity contribution is 7.94. The molecule has 0 radical (unpaired) electrons. The maximum atomic E-state index is 13.0. The number of nitrogens with one attached hydrogen (secondary N) is 1. The third kappa shape index (κ3) is 3.43. The number of hydrogen-bond acceptors (Lipinski definition) is 7. The van der Waals surface area contributed by atoms with Crippen LogP contribution in [0.25, 0.3) is 0 Å². The molecule has 0 aromatic heterocycles. The van der Waals surface area contributed by atoms with Crippen molar-refractivity contribution in [3.63, 3.8) is 0 Å². The first-order valence-electron chi connectivity index (χ1n) is 8.26. The molecule has 1 aromatic rings. The number of fused-ring (bicyclic) bond motifs is 1. The number of sulfonamides is 1. The van der Waals surface area contributed by atoms with Crippen molar-refractivity contribution in [2.75, 3.05) is 32.8 Å². The lowest BCUT2D eigenvalue weighted by Gasteiger charge is -2.33. The van der Waals surface area contributed by atoms with Gasteiger partial charge in [0.2, 0.25) is 21.6 Å². The Bertz CT molecular complexity index is 869. The molecule has 1 aromatic carbocycles. The summed E-state index contributed by atoms with van der Waals surface area (Å²) in [7, 11) is -4.28. The number of nitrogens with zero attached hydrogens (tertiary/aromatic N) is 1. The monoisotopic (exact) mass is 380 g/mol. The fourth-order valence-corrected chi connectivity index (χ4v) is 4.40. The Hall–Kier alpha value is -2.07. The fourth-order valence-electron chi connectivity index (χ4n) is 2.97. The zero-order chi connectivity index (χ0) is 18.9. The Labute approximate surface area is 151 Å². The number of Topliss-reactive ketones (excluding diaryl/α,β-unsaturated/α-hetero) is 2. The first kappa shape index (κ1) is 18.7. The number of aliphatic hydroxyl groups excluding tert-OH is 1. The van der Waals surface area contributed by atoms with Gasteiger partial charge in [-0.1, -0.05) is 24.3 Å². The summed E-state index contributed by atoms with van der Waals surface area (Å²) in [6, 6.07) is 6.17. The van der Waals surface area contributed by atoms with Gasteiger partial charge in [0, 0.05) is 30.8 Å². The summed E-state index contributed by atoms with van der Waals surface area (Å²) in [5.74, 6) is -1.22. The number of benzene rings is 1. The number of ether oxygens (including phenoxy) is 1. The van der Waals surface area contributed by atoms with Crippen molar-refractivity contribution < 1.29 is 27.9 Å². The second kappa shape index (κ2) is 7.28. The predicted octanol–water partition coefficient (Wildman–Crippen LogP) is -0.0904. The molecule has 1 saturated heterocycles. The molecule has 8 nitrogen and oxygen atoms in total. The first-order valence-corrected chi connectivity index (χ1v) is 9.74. The number of carbonyl (C=O) groups is 2. The van der Waals surface area contributed by atoms with Crippen LogP contribution in [-0.2, 0) is 14.8 Å². The third-order valence-corrected chi connectivity index (χ3v) is 5.68. The standard InChI is InChI=1S/C17H20N2O6S/c1-11(20)10-18-26(23,24)17-14(19-6-8-25-9-7-19)15(21)12-4-2-3-5-13(12)16(17)22/h2-5,11,18,20H,6-10H2,1H3. The summed E-state index contributed by atoms with van der Waals surface area (Å²) < 4.78 is 33.1. The molecule has 0 saturated carbocycles. The summed E-state index contributed by atoms with van der Waals surface area (Å²) in [6.45, 7) is 2.45. The van der Waals surface area contributed by atoms with Crippen LogP contribution in [0.1, 0.15) is 27.6 Å². The molecule has 26 heavy (non-hydrogen) atoms. The molecular formula is C17H20N2O6S. The second-order valence-electron chi connectivity index (χ2n) is 6.18. The van der Waals surface area contributed by atoms with Gasteiger partial charge in [-0.15, -0.1) is 0 Å². The molecule has 140 valence electrons. The predicted molar refractivity (Wildman–Crippen MR) is 93.1 cm³/mol. The van der Waals surface area contributed by atoms with Crippen LogP contribution in [0, 0.1) is 0 Å². The second-order valence-corrected chi connectivity index (χ2v) is 7.89. The Morgan fingerprint density at radius 1 is 1.15 bits per heavy atom. The van der Waals surface area contributed by atoms with Crippen LogP contribution < -0.4 is 4.72 Å². The SMILES string of the molecule is CC(O)CNS(=O)(=O)C1=C(N2CCOCC2)C(=O)c2ccccc2C1=O. The molecular weight excluding hydrogens is 360 g/mol. The van der Waals surface area contributed by atoms with Gasteiger partial charge in [0.15, 0.2) is 4.91 Å². The summed E-state index contributed by atoms with van der Waals surface area (Å²) in [5.41, 5.74) is 0.121. The highest BCUT2D eigenvalue weighted by Crippen LogP contribution is 2.31. The summed E-state index contributed by atoms with van der Waals surface area (Å²) >= 11 is 0. The number of rotatable bonds is 5. The van der Waals surface area contributed by atoms with E-state index in [9.17, 15) is 23.1 Å². The van der Waals surface area contributed by atoms with Crippen LogP contribution in [0.15, 0.2) is 34.9 Å². The Morgan fingerprint density at radius 3 is 2.31 bits per heavy atom. The van der Waals surface area contributed by atoms with Crippen LogP contribution in [0.4, 0.5) is 0 Å². The average molecular weight is 380 g/mol. The van der Waals surface area contributed by atoms with E-state index in [-0.39, 0.29) is 23.4 Å². The maximum Gasteiger partial charge on any atom is 0.246 e. The molecule has 1 unspecified atom stereocenters. The van der Waals surface area contributed by atoms with Crippen molar-refractivity contribution in [3.05, 3.63) is 46.0 Å². The molecule has 1 atom stereocenters. The topological polar surface area (TPSA) is 113 Å². The van der Waals surface area contributed by atoms with Gasteiger partial charge in [0.25, 0.3) is 0 Å². The van der Waals surface area contributed by atoms with Crippen molar-refractivity contribution in [1.29, 1.82) is 0 Å². The van der Waals surface area contributed by atoms with Crippen molar-refractivity contribution in [3.8, 4) is 0 Å². The smallest absolute Gasteiger partial charge is 0.246 e. The molecule has 9 heteroatoms. The minimum atomic E-state index is -4.28. The third-order valence-electron chi connectivity index (χ3n) is 4.22.